The molecule has 1 nitrogen and oxygen atoms in total. The van der Waals surface area contributed by atoms with E-state index in [-0.39, 0.29) is 10.8 Å². The minimum atomic E-state index is 0.0202. The van der Waals surface area contributed by atoms with Crippen LogP contribution >= 0.6 is 0 Å². The minimum Gasteiger partial charge on any atom is -0.508 e. The molecule has 0 amide bonds. The second-order valence-electron chi connectivity index (χ2n) is 6.35. The smallest absolute Gasteiger partial charge is 0.115 e. The fourth-order valence-electron chi connectivity index (χ4n) is 1.67. The summed E-state index contributed by atoms with van der Waals surface area (Å²) in [6.45, 7) is 12.8. The molecule has 0 atom stereocenters. The van der Waals surface area contributed by atoms with Gasteiger partial charge in [0, 0.05) is 6.42 Å². The van der Waals surface area contributed by atoms with Crippen LogP contribution in [0, 0.1) is 11.8 Å². The van der Waals surface area contributed by atoms with Crippen LogP contribution < -0.4 is 0 Å². The molecule has 0 aliphatic rings. The summed E-state index contributed by atoms with van der Waals surface area (Å²) in [6.07, 6.45) is 3.47. The van der Waals surface area contributed by atoms with Crippen molar-refractivity contribution in [2.24, 2.45) is 5.41 Å². The molecule has 0 fully saturated rings. The van der Waals surface area contributed by atoms with E-state index in [0.717, 1.165) is 11.1 Å². The van der Waals surface area contributed by atoms with Crippen LogP contribution in [0.3, 0.4) is 0 Å². The Kier molecular flexibility index (Phi) is 3.37. The number of hydrogen-bond donors (Lipinski definition) is 1. The van der Waals surface area contributed by atoms with Gasteiger partial charge in [0.15, 0.2) is 0 Å². The highest BCUT2D eigenvalue weighted by Gasteiger charge is 2.22. The number of benzene rings is 1. The van der Waals surface area contributed by atoms with E-state index in [0.29, 0.717) is 5.75 Å². The van der Waals surface area contributed by atoms with E-state index in [9.17, 15) is 5.11 Å². The van der Waals surface area contributed by atoms with Crippen LogP contribution in [-0.2, 0) is 5.41 Å². The highest BCUT2D eigenvalue weighted by Crippen LogP contribution is 2.33. The summed E-state index contributed by atoms with van der Waals surface area (Å²) in [7, 11) is 0. The van der Waals surface area contributed by atoms with Crippen LogP contribution in [-0.4, -0.2) is 5.11 Å². The van der Waals surface area contributed by atoms with Gasteiger partial charge in [0.05, 0.1) is 0 Å². The summed E-state index contributed by atoms with van der Waals surface area (Å²) in [5.41, 5.74) is 2.28. The van der Waals surface area contributed by atoms with Crippen LogP contribution in [0.15, 0.2) is 18.2 Å². The van der Waals surface area contributed by atoms with Crippen molar-refractivity contribution in [1.82, 2.24) is 0 Å². The Morgan fingerprint density at radius 1 is 1.00 bits per heavy atom. The van der Waals surface area contributed by atoms with Gasteiger partial charge in [-0.3, -0.25) is 0 Å². The van der Waals surface area contributed by atoms with Gasteiger partial charge < -0.3 is 5.11 Å². The Morgan fingerprint density at radius 2 is 1.56 bits per heavy atom. The highest BCUT2D eigenvalue weighted by molar-refractivity contribution is 5.43. The second-order valence-corrected chi connectivity index (χ2v) is 6.35. The molecule has 1 heteroatoms. The first-order chi connectivity index (χ1) is 7.09. The van der Waals surface area contributed by atoms with E-state index in [1.165, 1.54) is 0 Å². The van der Waals surface area contributed by atoms with E-state index < -0.39 is 0 Å². The van der Waals surface area contributed by atoms with Crippen molar-refractivity contribution in [3.63, 3.8) is 0 Å². The molecular weight excluding hydrogens is 196 g/mol. The van der Waals surface area contributed by atoms with Gasteiger partial charge >= 0.3 is 0 Å². The second kappa shape index (κ2) is 4.12. The van der Waals surface area contributed by atoms with Crippen LogP contribution in [0.1, 0.15) is 52.7 Å². The number of aromatic hydroxyl groups is 1. The maximum atomic E-state index is 9.57. The topological polar surface area (TPSA) is 20.2 Å². The first kappa shape index (κ1) is 13.1. The maximum absolute atomic E-state index is 9.57. The summed E-state index contributed by atoms with van der Waals surface area (Å²) < 4.78 is 0. The Hall–Kier alpha value is -0.980. The minimum absolute atomic E-state index is 0.0202. The third kappa shape index (κ3) is 3.55. The van der Waals surface area contributed by atoms with Crippen molar-refractivity contribution in [2.45, 2.75) is 47.0 Å². The van der Waals surface area contributed by atoms with E-state index in [4.69, 9.17) is 0 Å². The van der Waals surface area contributed by atoms with E-state index in [1.807, 2.05) is 12.1 Å². The van der Waals surface area contributed by atoms with Crippen molar-refractivity contribution < 1.29 is 5.11 Å². The molecule has 0 unspecified atom stereocenters. The van der Waals surface area contributed by atoms with Crippen molar-refractivity contribution in [2.75, 3.05) is 0 Å². The van der Waals surface area contributed by atoms with Crippen molar-refractivity contribution in [1.29, 1.82) is 0 Å². The molecule has 88 valence electrons. The van der Waals surface area contributed by atoms with E-state index >= 15 is 0 Å². The third-order valence-electron chi connectivity index (χ3n) is 2.32. The molecule has 0 aromatic heterocycles. The lowest BCUT2D eigenvalue weighted by Gasteiger charge is -2.26. The zero-order chi connectivity index (χ0) is 12.6. The molecule has 0 heterocycles. The predicted molar refractivity (Wildman–Crippen MR) is 68.6 cm³/mol. The monoisotopic (exact) mass is 218 g/mol. The normalized spacial score (nSPS) is 12.9. The van der Waals surface area contributed by atoms with Crippen LogP contribution in [0.25, 0.3) is 0 Å². The van der Waals surface area contributed by atoms with Gasteiger partial charge in [-0.25, -0.2) is 0 Å². The van der Waals surface area contributed by atoms with Gasteiger partial charge in [-0.2, -0.15) is 0 Å². The lowest BCUT2D eigenvalue weighted by molar-refractivity contribution is 0.467. The van der Waals surface area contributed by atoms with Crippen LogP contribution in [0.5, 0.6) is 5.75 Å². The number of phenols is 1. The van der Waals surface area contributed by atoms with Gasteiger partial charge in [-0.1, -0.05) is 47.6 Å². The molecule has 0 aliphatic heterocycles. The average Bonchev–Trinajstić information content (AvgIpc) is 2.04. The summed E-state index contributed by atoms with van der Waals surface area (Å²) >= 11 is 0. The molecule has 2 radical (unpaired) electrons. The van der Waals surface area contributed by atoms with Gasteiger partial charge in [-0.05, 0) is 34.1 Å². The number of phenolic OH excluding ortho intramolecular Hbond substituents is 1. The van der Waals surface area contributed by atoms with Crippen molar-refractivity contribution in [3.8, 4) is 5.75 Å². The Morgan fingerprint density at radius 3 is 2.00 bits per heavy atom. The van der Waals surface area contributed by atoms with Crippen molar-refractivity contribution >= 4 is 0 Å². The Bertz CT molecular complexity index is 364. The standard InChI is InChI=1S/C15H22O/c1-14(2,3)10-11-7-8-12(16)9-13(11)15(4,5)6/h7-9,16H,1-6H3. The lowest BCUT2D eigenvalue weighted by Crippen LogP contribution is -2.16. The molecule has 0 saturated heterocycles. The van der Waals surface area contributed by atoms with Gasteiger partial charge in [0.2, 0.25) is 0 Å². The molecular formula is C15H22O. The number of rotatable bonds is 1. The molecule has 1 rings (SSSR count). The van der Waals surface area contributed by atoms with E-state index in [1.54, 1.807) is 6.07 Å². The van der Waals surface area contributed by atoms with Gasteiger partial charge in [0.1, 0.15) is 5.75 Å². The summed E-state index contributed by atoms with van der Waals surface area (Å²) in [6, 6.07) is 5.51. The average molecular weight is 218 g/mol. The molecule has 0 spiro atoms. The molecule has 0 aliphatic carbocycles. The summed E-state index contributed by atoms with van der Waals surface area (Å²) in [5, 5.41) is 9.57. The molecule has 16 heavy (non-hydrogen) atoms. The summed E-state index contributed by atoms with van der Waals surface area (Å²) in [5.74, 6) is 0.324. The van der Waals surface area contributed by atoms with Crippen molar-refractivity contribution in [3.05, 3.63) is 35.7 Å². The Balaban J connectivity index is 3.19. The zero-order valence-electron chi connectivity index (χ0n) is 11.2. The SMILES string of the molecule is CC(C)(C)[C]c1ccc(O)cc1C(C)(C)C. The molecule has 0 saturated carbocycles. The fraction of sp³-hybridized carbons (Fsp3) is 0.533. The summed E-state index contributed by atoms with van der Waals surface area (Å²) in [4.78, 5) is 0. The lowest BCUT2D eigenvalue weighted by atomic mass is 9.78. The first-order valence-electron chi connectivity index (χ1n) is 5.71. The predicted octanol–water partition coefficient (Wildman–Crippen LogP) is 4.17. The molecule has 1 N–H and O–H groups in total. The first-order valence-corrected chi connectivity index (χ1v) is 5.71. The van der Waals surface area contributed by atoms with E-state index in [2.05, 4.69) is 48.0 Å². The molecule has 1 aromatic carbocycles. The maximum Gasteiger partial charge on any atom is 0.115 e. The number of hydrogen-bond acceptors (Lipinski definition) is 1. The molecule has 0 bridgehead atoms. The third-order valence-corrected chi connectivity index (χ3v) is 2.32. The highest BCUT2D eigenvalue weighted by atomic mass is 16.3. The van der Waals surface area contributed by atoms with Crippen LogP contribution in [0.4, 0.5) is 0 Å². The fourth-order valence-corrected chi connectivity index (χ4v) is 1.67. The quantitative estimate of drug-likeness (QED) is 0.750. The largest absolute Gasteiger partial charge is 0.508 e. The zero-order valence-corrected chi connectivity index (χ0v) is 11.2. The van der Waals surface area contributed by atoms with Gasteiger partial charge in [0.25, 0.3) is 0 Å². The van der Waals surface area contributed by atoms with Gasteiger partial charge in [-0.15, -0.1) is 0 Å². The molecule has 1 aromatic rings. The Labute approximate surface area is 99.5 Å². The van der Waals surface area contributed by atoms with Crippen LogP contribution in [0.2, 0.25) is 0 Å².